The van der Waals surface area contributed by atoms with E-state index in [9.17, 15) is 13.2 Å². The number of pyridine rings is 1. The van der Waals surface area contributed by atoms with E-state index in [1.807, 2.05) is 0 Å². The van der Waals surface area contributed by atoms with Gasteiger partial charge in [-0.15, -0.1) is 0 Å². The first-order valence-electron chi connectivity index (χ1n) is 6.01. The Labute approximate surface area is 127 Å². The summed E-state index contributed by atoms with van der Waals surface area (Å²) in [4.78, 5) is 16.1. The number of sulfone groups is 1. The average Bonchev–Trinajstić information content (AvgIpc) is 2.39. The minimum absolute atomic E-state index is 0.213. The molecule has 0 atom stereocenters. The summed E-state index contributed by atoms with van der Waals surface area (Å²) in [5, 5.41) is 2.94. The molecule has 21 heavy (non-hydrogen) atoms. The van der Waals surface area contributed by atoms with Gasteiger partial charge in [-0.25, -0.2) is 13.4 Å². The predicted octanol–water partition coefficient (Wildman–Crippen LogP) is 2.70. The highest BCUT2D eigenvalue weighted by atomic mass is 35.5. The third-order valence-corrected chi connectivity index (χ3v) is 4.18. The van der Waals surface area contributed by atoms with Crippen LogP contribution in [0.2, 0.25) is 5.15 Å². The van der Waals surface area contributed by atoms with Gasteiger partial charge in [0.05, 0.1) is 4.90 Å². The molecule has 0 unspecified atom stereocenters. The average molecular weight is 325 g/mol. The molecule has 1 heterocycles. The van der Waals surface area contributed by atoms with Crippen LogP contribution in [0.25, 0.3) is 0 Å². The monoisotopic (exact) mass is 324 g/mol. The molecule has 1 amide bonds. The van der Waals surface area contributed by atoms with Crippen molar-refractivity contribution in [1.82, 2.24) is 4.98 Å². The molecule has 2 aromatic rings. The molecule has 1 aromatic carbocycles. The standard InChI is InChI=1S/C14H13ClN2O3S/c1-9-7-11(21(2,19)20)3-4-12(9)17-14(18)10-5-6-16-13(15)8-10/h3-8H,1-2H3,(H,17,18). The number of nitrogens with zero attached hydrogens (tertiary/aromatic N) is 1. The summed E-state index contributed by atoms with van der Waals surface area (Å²) in [6.45, 7) is 1.73. The molecular formula is C14H13ClN2O3S. The molecule has 0 aliphatic heterocycles. The number of rotatable bonds is 3. The summed E-state index contributed by atoms with van der Waals surface area (Å²) in [5.41, 5.74) is 1.58. The number of carbonyl (C=O) groups excluding carboxylic acids is 1. The fourth-order valence-corrected chi connectivity index (χ4v) is 2.63. The largest absolute Gasteiger partial charge is 0.322 e. The number of halogens is 1. The van der Waals surface area contributed by atoms with Crippen LogP contribution in [0.15, 0.2) is 41.4 Å². The van der Waals surface area contributed by atoms with Crippen molar-refractivity contribution in [2.24, 2.45) is 0 Å². The Balaban J connectivity index is 2.26. The van der Waals surface area contributed by atoms with E-state index in [-0.39, 0.29) is 16.0 Å². The number of amides is 1. The van der Waals surface area contributed by atoms with Crippen LogP contribution in [0.4, 0.5) is 5.69 Å². The molecule has 2 rings (SSSR count). The summed E-state index contributed by atoms with van der Waals surface area (Å²) in [7, 11) is -3.27. The zero-order valence-electron chi connectivity index (χ0n) is 11.4. The summed E-state index contributed by atoms with van der Waals surface area (Å²) < 4.78 is 22.9. The maximum Gasteiger partial charge on any atom is 0.255 e. The van der Waals surface area contributed by atoms with Gasteiger partial charge in [-0.1, -0.05) is 11.6 Å². The van der Waals surface area contributed by atoms with Crippen molar-refractivity contribution in [3.05, 3.63) is 52.8 Å². The highest BCUT2D eigenvalue weighted by Gasteiger charge is 2.12. The highest BCUT2D eigenvalue weighted by molar-refractivity contribution is 7.90. The lowest BCUT2D eigenvalue weighted by atomic mass is 10.2. The van der Waals surface area contributed by atoms with Gasteiger partial charge in [-0.3, -0.25) is 4.79 Å². The van der Waals surface area contributed by atoms with Crippen molar-refractivity contribution in [3.63, 3.8) is 0 Å². The third kappa shape index (κ3) is 3.80. The van der Waals surface area contributed by atoms with Crippen LogP contribution < -0.4 is 5.32 Å². The predicted molar refractivity (Wildman–Crippen MR) is 81.5 cm³/mol. The molecule has 0 aliphatic carbocycles. The minimum atomic E-state index is -3.27. The molecule has 1 aromatic heterocycles. The van der Waals surface area contributed by atoms with Crippen molar-refractivity contribution in [3.8, 4) is 0 Å². The molecule has 5 nitrogen and oxygen atoms in total. The van der Waals surface area contributed by atoms with Crippen molar-refractivity contribution >= 4 is 33.0 Å². The van der Waals surface area contributed by atoms with E-state index in [0.717, 1.165) is 6.26 Å². The van der Waals surface area contributed by atoms with Gasteiger partial charge in [-0.2, -0.15) is 0 Å². The van der Waals surface area contributed by atoms with E-state index >= 15 is 0 Å². The number of hydrogen-bond donors (Lipinski definition) is 1. The number of aromatic nitrogens is 1. The summed E-state index contributed by atoms with van der Waals surface area (Å²) in [6.07, 6.45) is 2.58. The van der Waals surface area contributed by atoms with Crippen molar-refractivity contribution < 1.29 is 13.2 Å². The summed E-state index contributed by atoms with van der Waals surface area (Å²) in [6, 6.07) is 7.53. The van der Waals surface area contributed by atoms with Gasteiger partial charge in [0.15, 0.2) is 9.84 Å². The topological polar surface area (TPSA) is 76.1 Å². The lowest BCUT2D eigenvalue weighted by Crippen LogP contribution is -2.13. The van der Waals surface area contributed by atoms with Crippen LogP contribution in [-0.2, 0) is 9.84 Å². The second-order valence-electron chi connectivity index (χ2n) is 4.57. The van der Waals surface area contributed by atoms with E-state index < -0.39 is 9.84 Å². The molecule has 0 saturated heterocycles. The van der Waals surface area contributed by atoms with E-state index in [1.165, 1.54) is 24.4 Å². The van der Waals surface area contributed by atoms with Gasteiger partial charge >= 0.3 is 0 Å². The number of benzene rings is 1. The quantitative estimate of drug-likeness (QED) is 0.881. The highest BCUT2D eigenvalue weighted by Crippen LogP contribution is 2.20. The summed E-state index contributed by atoms with van der Waals surface area (Å²) in [5.74, 6) is -0.338. The first kappa shape index (κ1) is 15.5. The van der Waals surface area contributed by atoms with Crippen LogP contribution in [0.1, 0.15) is 15.9 Å². The molecule has 0 saturated carbocycles. The Morgan fingerprint density at radius 3 is 2.52 bits per heavy atom. The van der Waals surface area contributed by atoms with E-state index in [0.29, 0.717) is 16.8 Å². The van der Waals surface area contributed by atoms with Crippen molar-refractivity contribution in [1.29, 1.82) is 0 Å². The third-order valence-electron chi connectivity index (χ3n) is 2.86. The van der Waals surface area contributed by atoms with Gasteiger partial charge < -0.3 is 5.32 Å². The molecule has 0 bridgehead atoms. The van der Waals surface area contributed by atoms with E-state index in [1.54, 1.807) is 19.1 Å². The Kier molecular flexibility index (Phi) is 4.29. The maximum atomic E-state index is 12.1. The second-order valence-corrected chi connectivity index (χ2v) is 6.97. The van der Waals surface area contributed by atoms with Crippen LogP contribution in [0.5, 0.6) is 0 Å². The van der Waals surface area contributed by atoms with Gasteiger partial charge in [0.2, 0.25) is 0 Å². The Morgan fingerprint density at radius 1 is 1.24 bits per heavy atom. The lowest BCUT2D eigenvalue weighted by Gasteiger charge is -2.10. The molecular weight excluding hydrogens is 312 g/mol. The Morgan fingerprint density at radius 2 is 1.95 bits per heavy atom. The molecule has 110 valence electrons. The van der Waals surface area contributed by atoms with Crippen molar-refractivity contribution in [2.45, 2.75) is 11.8 Å². The molecule has 0 spiro atoms. The van der Waals surface area contributed by atoms with Crippen LogP contribution in [0.3, 0.4) is 0 Å². The number of carbonyl (C=O) groups is 1. The Bertz CT molecular complexity index is 804. The van der Waals surface area contributed by atoms with Crippen LogP contribution in [0, 0.1) is 6.92 Å². The number of hydrogen-bond acceptors (Lipinski definition) is 4. The van der Waals surface area contributed by atoms with Crippen molar-refractivity contribution in [2.75, 3.05) is 11.6 Å². The van der Waals surface area contributed by atoms with E-state index in [4.69, 9.17) is 11.6 Å². The van der Waals surface area contributed by atoms with Gasteiger partial charge in [0.1, 0.15) is 5.15 Å². The molecule has 0 radical (unpaired) electrons. The number of nitrogens with one attached hydrogen (secondary N) is 1. The Hall–Kier alpha value is -1.92. The fraction of sp³-hybridized carbons (Fsp3) is 0.143. The summed E-state index contributed by atoms with van der Waals surface area (Å²) >= 11 is 5.74. The molecule has 0 aliphatic rings. The second kappa shape index (κ2) is 5.83. The maximum absolute atomic E-state index is 12.1. The van der Waals surface area contributed by atoms with Crippen LogP contribution >= 0.6 is 11.6 Å². The normalized spacial score (nSPS) is 11.2. The zero-order chi connectivity index (χ0) is 15.6. The van der Waals surface area contributed by atoms with Gasteiger partial charge in [0.25, 0.3) is 5.91 Å². The van der Waals surface area contributed by atoms with Gasteiger partial charge in [-0.05, 0) is 42.8 Å². The lowest BCUT2D eigenvalue weighted by molar-refractivity contribution is 0.102. The van der Waals surface area contributed by atoms with Crippen LogP contribution in [-0.4, -0.2) is 25.6 Å². The smallest absolute Gasteiger partial charge is 0.255 e. The number of anilines is 1. The first-order valence-corrected chi connectivity index (χ1v) is 8.28. The first-order chi connectivity index (χ1) is 9.77. The van der Waals surface area contributed by atoms with E-state index in [2.05, 4.69) is 10.3 Å². The molecule has 0 fully saturated rings. The zero-order valence-corrected chi connectivity index (χ0v) is 13.0. The minimum Gasteiger partial charge on any atom is -0.322 e. The SMILES string of the molecule is Cc1cc(S(C)(=O)=O)ccc1NC(=O)c1ccnc(Cl)c1. The number of aryl methyl sites for hydroxylation is 1. The van der Waals surface area contributed by atoms with Gasteiger partial charge in [0, 0.05) is 23.7 Å². The molecule has 1 N–H and O–H groups in total. The molecule has 7 heteroatoms. The fourth-order valence-electron chi connectivity index (χ4n) is 1.75.